The second-order valence-corrected chi connectivity index (χ2v) is 6.26. The summed E-state index contributed by atoms with van der Waals surface area (Å²) in [5.74, 6) is 0.456. The SMILES string of the molecule is CNCc1sc(N(C)Cc2ccncc2)nc1C(C)C. The summed E-state index contributed by atoms with van der Waals surface area (Å²) in [5, 5.41) is 4.30. The fourth-order valence-electron chi connectivity index (χ4n) is 2.08. The zero-order valence-corrected chi connectivity index (χ0v) is 13.4. The Balaban J connectivity index is 2.17. The third-order valence-electron chi connectivity index (χ3n) is 3.10. The Morgan fingerprint density at radius 1 is 1.30 bits per heavy atom. The lowest BCUT2D eigenvalue weighted by Crippen LogP contribution is -2.16. The van der Waals surface area contributed by atoms with Crippen LogP contribution >= 0.6 is 11.3 Å². The average Bonchev–Trinajstić information content (AvgIpc) is 2.85. The van der Waals surface area contributed by atoms with E-state index in [0.29, 0.717) is 5.92 Å². The van der Waals surface area contributed by atoms with Gasteiger partial charge in [-0.25, -0.2) is 4.98 Å². The Bertz CT molecular complexity index is 536. The normalized spacial score (nSPS) is 11.1. The minimum absolute atomic E-state index is 0.456. The van der Waals surface area contributed by atoms with Crippen LogP contribution in [-0.4, -0.2) is 24.1 Å². The van der Waals surface area contributed by atoms with Gasteiger partial charge < -0.3 is 10.2 Å². The Kier molecular flexibility index (Phi) is 5.09. The van der Waals surface area contributed by atoms with Crippen LogP contribution in [0, 0.1) is 0 Å². The third kappa shape index (κ3) is 3.55. The fraction of sp³-hybridized carbons (Fsp3) is 0.467. The molecule has 0 spiro atoms. The molecular weight excluding hydrogens is 268 g/mol. The summed E-state index contributed by atoms with van der Waals surface area (Å²) in [7, 11) is 4.07. The van der Waals surface area contributed by atoms with E-state index in [4.69, 9.17) is 4.98 Å². The van der Waals surface area contributed by atoms with E-state index < -0.39 is 0 Å². The van der Waals surface area contributed by atoms with E-state index in [0.717, 1.165) is 18.2 Å². The highest BCUT2D eigenvalue weighted by atomic mass is 32.1. The van der Waals surface area contributed by atoms with Gasteiger partial charge in [0.2, 0.25) is 0 Å². The van der Waals surface area contributed by atoms with Crippen molar-refractivity contribution in [1.29, 1.82) is 0 Å². The number of aromatic nitrogens is 2. The Morgan fingerprint density at radius 3 is 2.60 bits per heavy atom. The highest BCUT2D eigenvalue weighted by Crippen LogP contribution is 2.30. The van der Waals surface area contributed by atoms with E-state index >= 15 is 0 Å². The molecule has 0 bridgehead atoms. The van der Waals surface area contributed by atoms with Crippen molar-refractivity contribution < 1.29 is 0 Å². The minimum Gasteiger partial charge on any atom is -0.347 e. The van der Waals surface area contributed by atoms with Crippen LogP contribution in [0.3, 0.4) is 0 Å². The number of rotatable bonds is 6. The first-order chi connectivity index (χ1) is 9.61. The fourth-order valence-corrected chi connectivity index (χ4v) is 3.27. The van der Waals surface area contributed by atoms with Crippen LogP contribution in [0.25, 0.3) is 0 Å². The standard InChI is InChI=1S/C15H22N4S/c1-11(2)14-13(9-16-3)20-15(18-14)19(4)10-12-5-7-17-8-6-12/h5-8,11,16H,9-10H2,1-4H3. The Morgan fingerprint density at radius 2 is 2.00 bits per heavy atom. The average molecular weight is 290 g/mol. The number of nitrogens with one attached hydrogen (secondary N) is 1. The molecule has 0 aliphatic carbocycles. The molecule has 2 aromatic rings. The molecule has 0 aliphatic heterocycles. The number of pyridine rings is 1. The molecule has 2 aromatic heterocycles. The molecule has 5 heteroatoms. The molecule has 0 amide bonds. The first kappa shape index (κ1) is 14.9. The number of hydrogen-bond donors (Lipinski definition) is 1. The van der Waals surface area contributed by atoms with Crippen LogP contribution in [0.2, 0.25) is 0 Å². The van der Waals surface area contributed by atoms with Gasteiger partial charge in [-0.1, -0.05) is 13.8 Å². The lowest BCUT2D eigenvalue weighted by atomic mass is 10.1. The van der Waals surface area contributed by atoms with Gasteiger partial charge >= 0.3 is 0 Å². The smallest absolute Gasteiger partial charge is 0.185 e. The Hall–Kier alpha value is -1.46. The van der Waals surface area contributed by atoms with Gasteiger partial charge in [0.05, 0.1) is 5.69 Å². The van der Waals surface area contributed by atoms with Crippen molar-refractivity contribution in [3.8, 4) is 0 Å². The van der Waals surface area contributed by atoms with Gasteiger partial charge in [0, 0.05) is 37.4 Å². The molecule has 4 nitrogen and oxygen atoms in total. The summed E-state index contributed by atoms with van der Waals surface area (Å²) in [6.45, 7) is 6.13. The lowest BCUT2D eigenvalue weighted by Gasteiger charge is -2.15. The first-order valence-corrected chi connectivity index (χ1v) is 7.67. The van der Waals surface area contributed by atoms with Crippen LogP contribution < -0.4 is 10.2 Å². The number of hydrogen-bond acceptors (Lipinski definition) is 5. The van der Waals surface area contributed by atoms with E-state index in [1.165, 1.54) is 16.1 Å². The zero-order chi connectivity index (χ0) is 14.5. The highest BCUT2D eigenvalue weighted by molar-refractivity contribution is 7.15. The number of anilines is 1. The largest absolute Gasteiger partial charge is 0.347 e. The van der Waals surface area contributed by atoms with Crippen molar-refractivity contribution in [3.63, 3.8) is 0 Å². The minimum atomic E-state index is 0.456. The van der Waals surface area contributed by atoms with Gasteiger partial charge in [-0.05, 0) is 30.7 Å². The van der Waals surface area contributed by atoms with Gasteiger partial charge in [-0.15, -0.1) is 11.3 Å². The summed E-state index contributed by atoms with van der Waals surface area (Å²) in [6, 6.07) is 4.09. The summed E-state index contributed by atoms with van der Waals surface area (Å²) < 4.78 is 0. The maximum absolute atomic E-state index is 4.81. The van der Waals surface area contributed by atoms with Crippen LogP contribution in [0.4, 0.5) is 5.13 Å². The molecule has 1 N–H and O–H groups in total. The molecule has 0 radical (unpaired) electrons. The van der Waals surface area contributed by atoms with E-state index in [-0.39, 0.29) is 0 Å². The second-order valence-electron chi connectivity index (χ2n) is 5.20. The van der Waals surface area contributed by atoms with Gasteiger partial charge in [-0.2, -0.15) is 0 Å². The molecular formula is C15H22N4S. The summed E-state index contributed by atoms with van der Waals surface area (Å²) in [5.41, 5.74) is 2.46. The predicted octanol–water partition coefficient (Wildman–Crippen LogP) is 3.02. The summed E-state index contributed by atoms with van der Waals surface area (Å²) in [4.78, 5) is 12.4. The third-order valence-corrected chi connectivity index (χ3v) is 4.28. The predicted molar refractivity (Wildman–Crippen MR) is 85.3 cm³/mol. The second kappa shape index (κ2) is 6.81. The molecule has 2 heterocycles. The van der Waals surface area contributed by atoms with Crippen LogP contribution in [-0.2, 0) is 13.1 Å². The molecule has 0 fully saturated rings. The van der Waals surface area contributed by atoms with Gasteiger partial charge in [-0.3, -0.25) is 4.98 Å². The highest BCUT2D eigenvalue weighted by Gasteiger charge is 2.16. The summed E-state index contributed by atoms with van der Waals surface area (Å²) >= 11 is 1.78. The maximum Gasteiger partial charge on any atom is 0.185 e. The lowest BCUT2D eigenvalue weighted by molar-refractivity contribution is 0.768. The molecule has 0 aliphatic rings. The molecule has 2 rings (SSSR count). The quantitative estimate of drug-likeness (QED) is 0.888. The van der Waals surface area contributed by atoms with Crippen molar-refractivity contribution in [3.05, 3.63) is 40.7 Å². The molecule has 108 valence electrons. The molecule has 0 atom stereocenters. The van der Waals surface area contributed by atoms with Crippen LogP contribution in [0.15, 0.2) is 24.5 Å². The van der Waals surface area contributed by atoms with Crippen molar-refractivity contribution in [1.82, 2.24) is 15.3 Å². The van der Waals surface area contributed by atoms with Gasteiger partial charge in [0.15, 0.2) is 5.13 Å². The molecule has 0 aromatic carbocycles. The number of thiazole rings is 1. The van der Waals surface area contributed by atoms with Gasteiger partial charge in [0.1, 0.15) is 0 Å². The van der Waals surface area contributed by atoms with Crippen LogP contribution in [0.1, 0.15) is 35.9 Å². The van der Waals surface area contributed by atoms with Crippen molar-refractivity contribution in [2.45, 2.75) is 32.9 Å². The number of nitrogens with zero attached hydrogens (tertiary/aromatic N) is 3. The van der Waals surface area contributed by atoms with Crippen LogP contribution in [0.5, 0.6) is 0 Å². The van der Waals surface area contributed by atoms with Crippen molar-refractivity contribution >= 4 is 16.5 Å². The first-order valence-electron chi connectivity index (χ1n) is 6.86. The van der Waals surface area contributed by atoms with Crippen molar-refractivity contribution in [2.24, 2.45) is 0 Å². The maximum atomic E-state index is 4.81. The molecule has 0 saturated heterocycles. The molecule has 0 unspecified atom stereocenters. The zero-order valence-electron chi connectivity index (χ0n) is 12.6. The van der Waals surface area contributed by atoms with Gasteiger partial charge in [0.25, 0.3) is 0 Å². The van der Waals surface area contributed by atoms with E-state index in [9.17, 15) is 0 Å². The van der Waals surface area contributed by atoms with E-state index in [2.05, 4.69) is 36.1 Å². The van der Waals surface area contributed by atoms with E-state index in [1.807, 2.05) is 31.6 Å². The van der Waals surface area contributed by atoms with E-state index in [1.54, 1.807) is 11.3 Å². The summed E-state index contributed by atoms with van der Waals surface area (Å²) in [6.07, 6.45) is 3.66. The molecule has 0 saturated carbocycles. The topological polar surface area (TPSA) is 41.0 Å². The monoisotopic (exact) mass is 290 g/mol. The molecule has 20 heavy (non-hydrogen) atoms. The Labute approximate surface area is 124 Å². The van der Waals surface area contributed by atoms with Crippen molar-refractivity contribution in [2.75, 3.05) is 19.0 Å².